The van der Waals surface area contributed by atoms with E-state index in [2.05, 4.69) is 12.2 Å². The van der Waals surface area contributed by atoms with Crippen LogP contribution in [0.25, 0.3) is 0 Å². The Morgan fingerprint density at radius 3 is 2.75 bits per heavy atom. The highest BCUT2D eigenvalue weighted by Crippen LogP contribution is 2.27. The van der Waals surface area contributed by atoms with E-state index in [1.54, 1.807) is 6.92 Å². The molecule has 1 aliphatic carbocycles. The van der Waals surface area contributed by atoms with Gasteiger partial charge in [0.15, 0.2) is 0 Å². The number of amides is 1. The molecule has 0 saturated heterocycles. The Hall–Kier alpha value is -0.240. The maximum Gasteiger partial charge on any atom is 0.217 e. The summed E-state index contributed by atoms with van der Waals surface area (Å²) in [6.45, 7) is 3.73. The zero-order valence-electron chi connectivity index (χ0n) is 7.64. The van der Waals surface area contributed by atoms with Gasteiger partial charge in [-0.25, -0.2) is 0 Å². The Kier molecular flexibility index (Phi) is 3.39. The summed E-state index contributed by atoms with van der Waals surface area (Å²) in [4.78, 5) is 10.8. The summed E-state index contributed by atoms with van der Waals surface area (Å²) in [6, 6.07) is 0.291. The number of alkyl halides is 1. The van der Waals surface area contributed by atoms with Crippen LogP contribution in [0, 0.1) is 5.92 Å². The first-order chi connectivity index (χ1) is 5.59. The molecular formula is C9H16ClNO. The van der Waals surface area contributed by atoms with Crippen molar-refractivity contribution in [2.75, 3.05) is 0 Å². The van der Waals surface area contributed by atoms with Crippen molar-refractivity contribution in [1.82, 2.24) is 5.32 Å². The third-order valence-electron chi connectivity index (χ3n) is 2.52. The molecule has 2 nitrogen and oxygen atoms in total. The van der Waals surface area contributed by atoms with Crippen LogP contribution in [0.2, 0.25) is 0 Å². The summed E-state index contributed by atoms with van der Waals surface area (Å²) in [7, 11) is 0. The minimum atomic E-state index is 0.0533. The van der Waals surface area contributed by atoms with Crippen molar-refractivity contribution in [3.63, 3.8) is 0 Å². The van der Waals surface area contributed by atoms with Gasteiger partial charge in [0.2, 0.25) is 5.91 Å². The molecule has 0 heterocycles. The molecule has 0 aromatic rings. The van der Waals surface area contributed by atoms with Crippen molar-refractivity contribution in [2.24, 2.45) is 5.92 Å². The van der Waals surface area contributed by atoms with Crippen LogP contribution in [0.15, 0.2) is 0 Å². The highest BCUT2D eigenvalue weighted by Gasteiger charge is 2.26. The van der Waals surface area contributed by atoms with Crippen molar-refractivity contribution in [3.05, 3.63) is 0 Å². The van der Waals surface area contributed by atoms with Crippen LogP contribution in [0.5, 0.6) is 0 Å². The molecule has 0 radical (unpaired) electrons. The molecule has 1 N–H and O–H groups in total. The van der Waals surface area contributed by atoms with E-state index in [0.29, 0.717) is 12.0 Å². The van der Waals surface area contributed by atoms with Gasteiger partial charge in [-0.1, -0.05) is 6.92 Å². The van der Waals surface area contributed by atoms with E-state index in [4.69, 9.17) is 11.6 Å². The van der Waals surface area contributed by atoms with E-state index in [1.165, 1.54) is 0 Å². The SMILES string of the molecule is CC(=O)N[C@@H]1C[C@H](Cl)CC[C@H]1C. The Labute approximate surface area is 78.7 Å². The van der Waals surface area contributed by atoms with E-state index in [-0.39, 0.29) is 11.3 Å². The fourth-order valence-electron chi connectivity index (χ4n) is 1.73. The quantitative estimate of drug-likeness (QED) is 0.628. The highest BCUT2D eigenvalue weighted by atomic mass is 35.5. The van der Waals surface area contributed by atoms with Crippen LogP contribution in [0.3, 0.4) is 0 Å². The van der Waals surface area contributed by atoms with Gasteiger partial charge in [0, 0.05) is 18.3 Å². The molecule has 70 valence electrons. The lowest BCUT2D eigenvalue weighted by molar-refractivity contribution is -0.120. The van der Waals surface area contributed by atoms with Gasteiger partial charge in [0.1, 0.15) is 0 Å². The Morgan fingerprint density at radius 2 is 2.17 bits per heavy atom. The average molecular weight is 190 g/mol. The second kappa shape index (κ2) is 4.13. The summed E-state index contributed by atoms with van der Waals surface area (Å²) >= 11 is 6.01. The van der Waals surface area contributed by atoms with Crippen LogP contribution in [-0.2, 0) is 4.79 Å². The normalized spacial score (nSPS) is 36.1. The van der Waals surface area contributed by atoms with Gasteiger partial charge >= 0.3 is 0 Å². The van der Waals surface area contributed by atoms with Crippen molar-refractivity contribution < 1.29 is 4.79 Å². The molecule has 12 heavy (non-hydrogen) atoms. The summed E-state index contributed by atoms with van der Waals surface area (Å²) in [6.07, 6.45) is 3.13. The molecule has 0 aromatic carbocycles. The molecule has 0 bridgehead atoms. The fraction of sp³-hybridized carbons (Fsp3) is 0.889. The van der Waals surface area contributed by atoms with Crippen molar-refractivity contribution >= 4 is 17.5 Å². The van der Waals surface area contributed by atoms with Crippen LogP contribution in [0.4, 0.5) is 0 Å². The average Bonchev–Trinajstić information content (AvgIpc) is 1.96. The third kappa shape index (κ3) is 2.67. The zero-order chi connectivity index (χ0) is 9.14. The molecule has 0 unspecified atom stereocenters. The molecule has 1 fully saturated rings. The van der Waals surface area contributed by atoms with Gasteiger partial charge in [-0.2, -0.15) is 0 Å². The van der Waals surface area contributed by atoms with E-state index < -0.39 is 0 Å². The van der Waals surface area contributed by atoms with E-state index in [1.807, 2.05) is 0 Å². The van der Waals surface area contributed by atoms with Crippen LogP contribution < -0.4 is 5.32 Å². The Morgan fingerprint density at radius 1 is 1.50 bits per heavy atom. The Balaban J connectivity index is 2.43. The number of hydrogen-bond acceptors (Lipinski definition) is 1. The maximum atomic E-state index is 10.8. The van der Waals surface area contributed by atoms with Crippen LogP contribution in [0.1, 0.15) is 33.1 Å². The van der Waals surface area contributed by atoms with Crippen molar-refractivity contribution in [3.8, 4) is 0 Å². The number of halogens is 1. The standard InChI is InChI=1S/C9H16ClNO/c1-6-3-4-8(10)5-9(6)11-7(2)12/h6,8-9H,3-5H2,1-2H3,(H,11,12)/t6-,8-,9-/m1/s1. The molecule has 1 aliphatic rings. The monoisotopic (exact) mass is 189 g/mol. The van der Waals surface area contributed by atoms with Gasteiger partial charge in [0.25, 0.3) is 0 Å². The summed E-state index contributed by atoms with van der Waals surface area (Å²) in [5.41, 5.74) is 0. The largest absolute Gasteiger partial charge is 0.353 e. The molecule has 1 amide bonds. The number of hydrogen-bond donors (Lipinski definition) is 1. The molecule has 3 atom stereocenters. The minimum absolute atomic E-state index is 0.0533. The Bertz CT molecular complexity index is 172. The van der Waals surface area contributed by atoms with Crippen molar-refractivity contribution in [1.29, 1.82) is 0 Å². The lowest BCUT2D eigenvalue weighted by Gasteiger charge is -2.31. The zero-order valence-corrected chi connectivity index (χ0v) is 8.40. The van der Waals surface area contributed by atoms with Crippen LogP contribution >= 0.6 is 11.6 Å². The number of nitrogens with one attached hydrogen (secondary N) is 1. The smallest absolute Gasteiger partial charge is 0.217 e. The first-order valence-electron chi connectivity index (χ1n) is 4.50. The second-order valence-electron chi connectivity index (χ2n) is 3.69. The molecule has 1 rings (SSSR count). The number of carbonyl (C=O) groups excluding carboxylic acids is 1. The number of carbonyl (C=O) groups is 1. The first-order valence-corrected chi connectivity index (χ1v) is 4.94. The van der Waals surface area contributed by atoms with Gasteiger partial charge in [-0.05, 0) is 25.2 Å². The maximum absolute atomic E-state index is 10.8. The van der Waals surface area contributed by atoms with Gasteiger partial charge in [-0.3, -0.25) is 4.79 Å². The molecular weight excluding hydrogens is 174 g/mol. The molecule has 0 spiro atoms. The summed E-state index contributed by atoms with van der Waals surface area (Å²) in [5.74, 6) is 0.626. The lowest BCUT2D eigenvalue weighted by atomic mass is 9.85. The van der Waals surface area contributed by atoms with E-state index >= 15 is 0 Å². The summed E-state index contributed by atoms with van der Waals surface area (Å²) in [5, 5.41) is 3.19. The van der Waals surface area contributed by atoms with Gasteiger partial charge in [-0.15, -0.1) is 11.6 Å². The predicted molar refractivity (Wildman–Crippen MR) is 50.3 cm³/mol. The lowest BCUT2D eigenvalue weighted by Crippen LogP contribution is -2.42. The van der Waals surface area contributed by atoms with Gasteiger partial charge < -0.3 is 5.32 Å². The molecule has 1 saturated carbocycles. The van der Waals surface area contributed by atoms with Gasteiger partial charge in [0.05, 0.1) is 0 Å². The fourth-order valence-corrected chi connectivity index (χ4v) is 2.05. The van der Waals surface area contributed by atoms with Crippen LogP contribution in [-0.4, -0.2) is 17.3 Å². The predicted octanol–water partition coefficient (Wildman–Crippen LogP) is 1.92. The van der Waals surface area contributed by atoms with E-state index in [9.17, 15) is 4.79 Å². The van der Waals surface area contributed by atoms with Crippen molar-refractivity contribution in [2.45, 2.75) is 44.5 Å². The molecule has 0 aromatic heterocycles. The topological polar surface area (TPSA) is 29.1 Å². The first kappa shape index (κ1) is 9.85. The molecule has 0 aliphatic heterocycles. The summed E-state index contributed by atoms with van der Waals surface area (Å²) < 4.78 is 0. The number of rotatable bonds is 1. The highest BCUT2D eigenvalue weighted by molar-refractivity contribution is 6.20. The minimum Gasteiger partial charge on any atom is -0.353 e. The molecule has 3 heteroatoms. The third-order valence-corrected chi connectivity index (χ3v) is 2.92. The van der Waals surface area contributed by atoms with E-state index in [0.717, 1.165) is 19.3 Å². The second-order valence-corrected chi connectivity index (χ2v) is 4.31.